The van der Waals surface area contributed by atoms with Crippen molar-refractivity contribution in [2.75, 3.05) is 13.1 Å². The van der Waals surface area contributed by atoms with E-state index in [4.69, 9.17) is 21.9 Å². The lowest BCUT2D eigenvalue weighted by molar-refractivity contribution is 0.0731. The molecule has 1 aliphatic rings. The molecule has 2 aromatic heterocycles. The van der Waals surface area contributed by atoms with Crippen LogP contribution in [0.5, 0.6) is 0 Å². The van der Waals surface area contributed by atoms with Crippen LogP contribution >= 0.6 is 22.9 Å². The predicted octanol–water partition coefficient (Wildman–Crippen LogP) is 2.62. The molecule has 0 spiro atoms. The average molecular weight is 312 g/mol. The molecule has 1 fully saturated rings. The zero-order valence-electron chi connectivity index (χ0n) is 10.7. The fourth-order valence-corrected chi connectivity index (χ4v) is 3.43. The maximum absolute atomic E-state index is 12.4. The van der Waals surface area contributed by atoms with Crippen LogP contribution in [-0.4, -0.2) is 35.1 Å². The summed E-state index contributed by atoms with van der Waals surface area (Å²) in [7, 11) is 0. The van der Waals surface area contributed by atoms with Crippen molar-refractivity contribution < 1.29 is 9.32 Å². The first-order valence-electron chi connectivity index (χ1n) is 6.42. The Balaban J connectivity index is 1.81. The van der Waals surface area contributed by atoms with Crippen LogP contribution in [0.3, 0.4) is 0 Å². The molecule has 0 radical (unpaired) electrons. The maximum Gasteiger partial charge on any atom is 0.276 e. The fraction of sp³-hybridized carbons (Fsp3) is 0.385. The van der Waals surface area contributed by atoms with E-state index in [2.05, 4.69) is 5.16 Å². The topological polar surface area (TPSA) is 72.4 Å². The minimum atomic E-state index is -0.115. The summed E-state index contributed by atoms with van der Waals surface area (Å²) < 4.78 is 5.91. The number of nitrogens with zero attached hydrogens (tertiary/aromatic N) is 2. The molecule has 0 aliphatic carbocycles. The van der Waals surface area contributed by atoms with Gasteiger partial charge in [0.25, 0.3) is 5.91 Å². The number of aromatic nitrogens is 1. The Morgan fingerprint density at radius 3 is 3.15 bits per heavy atom. The smallest absolute Gasteiger partial charge is 0.276 e. The Kier molecular flexibility index (Phi) is 3.78. The Morgan fingerprint density at radius 2 is 2.45 bits per heavy atom. The third kappa shape index (κ3) is 2.46. The lowest BCUT2D eigenvalue weighted by atomic mass is 10.2. The highest BCUT2D eigenvalue weighted by atomic mass is 35.5. The van der Waals surface area contributed by atoms with Gasteiger partial charge in [0.1, 0.15) is 0 Å². The molecule has 3 rings (SSSR count). The van der Waals surface area contributed by atoms with Gasteiger partial charge in [-0.25, -0.2) is 0 Å². The lowest BCUT2D eigenvalue weighted by Crippen LogP contribution is -2.40. The van der Waals surface area contributed by atoms with E-state index in [9.17, 15) is 4.79 Å². The molecule has 1 aliphatic heterocycles. The van der Waals surface area contributed by atoms with Crippen LogP contribution in [0, 0.1) is 0 Å². The molecular weight excluding hydrogens is 298 g/mol. The second-order valence-corrected chi connectivity index (χ2v) is 6.43. The van der Waals surface area contributed by atoms with Crippen LogP contribution in [-0.2, 0) is 0 Å². The molecule has 20 heavy (non-hydrogen) atoms. The Labute approximate surface area is 125 Å². The first-order chi connectivity index (χ1) is 9.69. The maximum atomic E-state index is 12.4. The van der Waals surface area contributed by atoms with Crippen LogP contribution in [0.15, 0.2) is 22.7 Å². The number of hydrogen-bond acceptors (Lipinski definition) is 5. The first kappa shape index (κ1) is 13.6. The second kappa shape index (κ2) is 5.55. The summed E-state index contributed by atoms with van der Waals surface area (Å²) in [5.41, 5.74) is 6.01. The van der Waals surface area contributed by atoms with Crippen molar-refractivity contribution in [1.29, 1.82) is 0 Å². The first-order valence-corrected chi connectivity index (χ1v) is 7.62. The van der Waals surface area contributed by atoms with Crippen molar-refractivity contribution in [3.8, 4) is 10.6 Å². The number of nitrogens with two attached hydrogens (primary N) is 1. The summed E-state index contributed by atoms with van der Waals surface area (Å²) in [6.07, 6.45) is 1.94. The van der Waals surface area contributed by atoms with Gasteiger partial charge in [-0.3, -0.25) is 4.79 Å². The van der Waals surface area contributed by atoms with Gasteiger partial charge in [0.15, 0.2) is 11.5 Å². The van der Waals surface area contributed by atoms with Crippen LogP contribution in [0.2, 0.25) is 4.34 Å². The van der Waals surface area contributed by atoms with Crippen LogP contribution in [0.25, 0.3) is 10.6 Å². The summed E-state index contributed by atoms with van der Waals surface area (Å²) in [6.45, 7) is 1.21. The average Bonchev–Trinajstić information content (AvgIpc) is 3.17. The lowest BCUT2D eigenvalue weighted by Gasteiger charge is -2.21. The number of carbonyl (C=O) groups is 1. The molecule has 0 aromatic carbocycles. The van der Waals surface area contributed by atoms with Crippen LogP contribution in [0.4, 0.5) is 0 Å². The van der Waals surface area contributed by atoms with E-state index in [1.54, 1.807) is 17.0 Å². The van der Waals surface area contributed by atoms with E-state index < -0.39 is 0 Å². The summed E-state index contributed by atoms with van der Waals surface area (Å²) in [5.74, 6) is 0.448. The monoisotopic (exact) mass is 311 g/mol. The van der Waals surface area contributed by atoms with E-state index in [0.29, 0.717) is 22.3 Å². The zero-order valence-corrected chi connectivity index (χ0v) is 12.3. The molecule has 3 heterocycles. The van der Waals surface area contributed by atoms with Gasteiger partial charge < -0.3 is 15.2 Å². The number of thiophene rings is 1. The Bertz CT molecular complexity index is 625. The molecule has 1 amide bonds. The van der Waals surface area contributed by atoms with Crippen LogP contribution < -0.4 is 5.73 Å². The Hall–Kier alpha value is -1.37. The van der Waals surface area contributed by atoms with Crippen molar-refractivity contribution >= 4 is 28.8 Å². The summed E-state index contributed by atoms with van der Waals surface area (Å²) in [4.78, 5) is 15.0. The van der Waals surface area contributed by atoms with Gasteiger partial charge in [-0.1, -0.05) is 16.8 Å². The zero-order chi connectivity index (χ0) is 14.1. The molecule has 1 saturated heterocycles. The number of halogens is 1. The van der Waals surface area contributed by atoms with Gasteiger partial charge in [-0.15, -0.1) is 11.3 Å². The van der Waals surface area contributed by atoms with Gasteiger partial charge >= 0.3 is 0 Å². The largest absolute Gasteiger partial charge is 0.355 e. The quantitative estimate of drug-likeness (QED) is 0.945. The Morgan fingerprint density at radius 1 is 1.60 bits per heavy atom. The van der Waals surface area contributed by atoms with E-state index in [1.807, 2.05) is 6.07 Å². The van der Waals surface area contributed by atoms with Gasteiger partial charge in [-0.05, 0) is 25.0 Å². The number of rotatable bonds is 3. The molecular formula is C13H14ClN3O2S. The normalized spacial score (nSPS) is 18.7. The van der Waals surface area contributed by atoms with Crippen molar-refractivity contribution in [2.45, 2.75) is 18.9 Å². The van der Waals surface area contributed by atoms with Gasteiger partial charge in [0, 0.05) is 25.2 Å². The highest BCUT2D eigenvalue weighted by molar-refractivity contribution is 7.19. The standard InChI is InChI=1S/C13H14ClN3O2S/c14-12-4-3-11(20-12)10-6-9(16-19-10)13(18)17-5-1-2-8(17)7-15/h3-4,6,8H,1-2,5,7,15H2. The third-order valence-corrected chi connectivity index (χ3v) is 4.70. The fourth-order valence-electron chi connectivity index (χ4n) is 2.43. The van der Waals surface area contributed by atoms with E-state index in [1.165, 1.54) is 11.3 Å². The molecule has 0 saturated carbocycles. The highest BCUT2D eigenvalue weighted by Gasteiger charge is 2.30. The van der Waals surface area contributed by atoms with Crippen molar-refractivity contribution in [1.82, 2.24) is 10.1 Å². The number of hydrogen-bond donors (Lipinski definition) is 1. The highest BCUT2D eigenvalue weighted by Crippen LogP contribution is 2.31. The van der Waals surface area contributed by atoms with Crippen molar-refractivity contribution in [2.24, 2.45) is 5.73 Å². The molecule has 1 atom stereocenters. The third-order valence-electron chi connectivity index (χ3n) is 3.46. The van der Waals surface area contributed by atoms with E-state index >= 15 is 0 Å². The number of amides is 1. The van der Waals surface area contributed by atoms with Gasteiger partial charge in [0.05, 0.1) is 9.21 Å². The van der Waals surface area contributed by atoms with Crippen molar-refractivity contribution in [3.63, 3.8) is 0 Å². The second-order valence-electron chi connectivity index (χ2n) is 4.71. The predicted molar refractivity (Wildman–Crippen MR) is 77.9 cm³/mol. The van der Waals surface area contributed by atoms with E-state index in [0.717, 1.165) is 24.3 Å². The molecule has 5 nitrogen and oxygen atoms in total. The summed E-state index contributed by atoms with van der Waals surface area (Å²) >= 11 is 7.28. The number of carbonyl (C=O) groups excluding carboxylic acids is 1. The molecule has 0 bridgehead atoms. The minimum absolute atomic E-state index is 0.110. The summed E-state index contributed by atoms with van der Waals surface area (Å²) in [5, 5.41) is 3.87. The SMILES string of the molecule is NCC1CCCN1C(=O)c1cc(-c2ccc(Cl)s2)on1. The van der Waals surface area contributed by atoms with Gasteiger partial charge in [0.2, 0.25) is 0 Å². The van der Waals surface area contributed by atoms with Crippen molar-refractivity contribution in [3.05, 3.63) is 28.2 Å². The molecule has 2 N–H and O–H groups in total. The minimum Gasteiger partial charge on any atom is -0.355 e. The molecule has 2 aromatic rings. The number of likely N-dealkylation sites (tertiary alicyclic amines) is 1. The molecule has 7 heteroatoms. The molecule has 1 unspecified atom stereocenters. The van der Waals surface area contributed by atoms with E-state index in [-0.39, 0.29) is 11.9 Å². The molecule has 106 valence electrons. The van der Waals surface area contributed by atoms with Crippen LogP contribution in [0.1, 0.15) is 23.3 Å². The summed E-state index contributed by atoms with van der Waals surface area (Å²) in [6, 6.07) is 5.41. The van der Waals surface area contributed by atoms with Gasteiger partial charge in [-0.2, -0.15) is 0 Å².